The molecule has 5 heteroatoms. The summed E-state index contributed by atoms with van der Waals surface area (Å²) >= 11 is 0. The highest BCUT2D eigenvalue weighted by atomic mass is 16.5. The lowest BCUT2D eigenvalue weighted by Gasteiger charge is -2.14. The van der Waals surface area contributed by atoms with E-state index in [2.05, 4.69) is 11.4 Å². The maximum atomic E-state index is 5.87. The van der Waals surface area contributed by atoms with Crippen molar-refractivity contribution in [1.82, 2.24) is 0 Å². The third-order valence-electron chi connectivity index (χ3n) is 4.29. The third-order valence-corrected chi connectivity index (χ3v) is 4.29. The molecule has 1 N–H and O–H groups in total. The van der Waals surface area contributed by atoms with Crippen LogP contribution in [0.5, 0.6) is 11.5 Å². The molecule has 1 fully saturated rings. The van der Waals surface area contributed by atoms with E-state index in [4.69, 9.17) is 18.9 Å². The molecule has 3 rings (SSSR count). The van der Waals surface area contributed by atoms with Crippen molar-refractivity contribution in [3.8, 4) is 11.5 Å². The molecule has 2 aromatic rings. The molecule has 0 aromatic heterocycles. The third kappa shape index (κ3) is 5.64. The molecule has 0 spiro atoms. The van der Waals surface area contributed by atoms with Crippen LogP contribution in [0.15, 0.2) is 48.5 Å². The van der Waals surface area contributed by atoms with E-state index < -0.39 is 0 Å². The molecule has 5 nitrogen and oxygen atoms in total. The zero-order chi connectivity index (χ0) is 18.0. The first-order valence-corrected chi connectivity index (χ1v) is 9.13. The molecule has 1 aliphatic rings. The van der Waals surface area contributed by atoms with Crippen LogP contribution in [0.3, 0.4) is 0 Å². The number of benzene rings is 2. The van der Waals surface area contributed by atoms with Gasteiger partial charge in [-0.3, -0.25) is 0 Å². The SMILES string of the molecule is COCCOc1ccccc1CNc1cccc(OCC2CCCO2)c1. The van der Waals surface area contributed by atoms with Crippen molar-refractivity contribution in [2.45, 2.75) is 25.5 Å². The maximum Gasteiger partial charge on any atom is 0.124 e. The molecule has 1 saturated heterocycles. The van der Waals surface area contributed by atoms with Crippen molar-refractivity contribution < 1.29 is 18.9 Å². The molecule has 0 aliphatic carbocycles. The summed E-state index contributed by atoms with van der Waals surface area (Å²) in [7, 11) is 1.67. The lowest BCUT2D eigenvalue weighted by molar-refractivity contribution is 0.0680. The second-order valence-corrected chi connectivity index (χ2v) is 6.28. The Hall–Kier alpha value is -2.24. The predicted molar refractivity (Wildman–Crippen MR) is 102 cm³/mol. The first-order valence-electron chi connectivity index (χ1n) is 9.13. The van der Waals surface area contributed by atoms with E-state index in [-0.39, 0.29) is 6.10 Å². The minimum absolute atomic E-state index is 0.225. The number of nitrogens with one attached hydrogen (secondary N) is 1. The molecule has 1 aliphatic heterocycles. The fourth-order valence-corrected chi connectivity index (χ4v) is 2.88. The van der Waals surface area contributed by atoms with Crippen LogP contribution >= 0.6 is 0 Å². The molecule has 0 bridgehead atoms. The Bertz CT molecular complexity index is 671. The maximum absolute atomic E-state index is 5.87. The molecule has 1 atom stereocenters. The second kappa shape index (κ2) is 10.0. The van der Waals surface area contributed by atoms with Crippen LogP contribution in [0.2, 0.25) is 0 Å². The summed E-state index contributed by atoms with van der Waals surface area (Å²) in [5, 5.41) is 3.44. The molecular formula is C21H27NO4. The monoisotopic (exact) mass is 357 g/mol. The van der Waals surface area contributed by atoms with E-state index in [9.17, 15) is 0 Å². The fraction of sp³-hybridized carbons (Fsp3) is 0.429. The smallest absolute Gasteiger partial charge is 0.124 e. The Morgan fingerprint density at radius 2 is 2.00 bits per heavy atom. The van der Waals surface area contributed by atoms with E-state index in [1.54, 1.807) is 7.11 Å². The van der Waals surface area contributed by atoms with Crippen molar-refractivity contribution in [1.29, 1.82) is 0 Å². The lowest BCUT2D eigenvalue weighted by atomic mass is 10.2. The van der Waals surface area contributed by atoms with Gasteiger partial charge in [0.2, 0.25) is 0 Å². The van der Waals surface area contributed by atoms with Gasteiger partial charge in [-0.25, -0.2) is 0 Å². The molecule has 1 heterocycles. The minimum Gasteiger partial charge on any atom is -0.491 e. The number of ether oxygens (including phenoxy) is 4. The minimum atomic E-state index is 0.225. The van der Waals surface area contributed by atoms with Gasteiger partial charge in [-0.05, 0) is 31.0 Å². The van der Waals surface area contributed by atoms with E-state index in [0.29, 0.717) is 26.4 Å². The number of rotatable bonds is 10. The average Bonchev–Trinajstić information content (AvgIpc) is 3.20. The van der Waals surface area contributed by atoms with E-state index in [0.717, 1.165) is 42.2 Å². The van der Waals surface area contributed by atoms with E-state index in [1.807, 2.05) is 42.5 Å². The number of para-hydroxylation sites is 1. The number of anilines is 1. The quantitative estimate of drug-likeness (QED) is 0.654. The van der Waals surface area contributed by atoms with Crippen LogP contribution < -0.4 is 14.8 Å². The fourth-order valence-electron chi connectivity index (χ4n) is 2.88. The molecule has 0 saturated carbocycles. The zero-order valence-electron chi connectivity index (χ0n) is 15.3. The lowest BCUT2D eigenvalue weighted by Crippen LogP contribution is -2.16. The highest BCUT2D eigenvalue weighted by Gasteiger charge is 2.16. The molecule has 140 valence electrons. The van der Waals surface area contributed by atoms with Gasteiger partial charge in [0.05, 0.1) is 12.7 Å². The van der Waals surface area contributed by atoms with E-state index >= 15 is 0 Å². The van der Waals surface area contributed by atoms with Gasteiger partial charge in [0.15, 0.2) is 0 Å². The first-order chi connectivity index (χ1) is 12.8. The Balaban J connectivity index is 1.53. The van der Waals surface area contributed by atoms with Gasteiger partial charge >= 0.3 is 0 Å². The van der Waals surface area contributed by atoms with Gasteiger partial charge < -0.3 is 24.3 Å². The Labute approximate surface area is 155 Å². The summed E-state index contributed by atoms with van der Waals surface area (Å²) < 4.78 is 22.3. The summed E-state index contributed by atoms with van der Waals surface area (Å²) in [4.78, 5) is 0. The summed E-state index contributed by atoms with van der Waals surface area (Å²) in [6.45, 7) is 3.26. The Kier molecular flexibility index (Phi) is 7.16. The standard InChI is InChI=1S/C21H27NO4/c1-23-12-13-25-21-10-3-2-6-17(21)15-22-18-7-4-8-19(14-18)26-16-20-9-5-11-24-20/h2-4,6-8,10,14,20,22H,5,9,11-13,15-16H2,1H3. The summed E-state index contributed by atoms with van der Waals surface area (Å²) in [6, 6.07) is 16.1. The summed E-state index contributed by atoms with van der Waals surface area (Å²) in [5.74, 6) is 1.73. The van der Waals surface area contributed by atoms with Crippen molar-refractivity contribution in [2.75, 3.05) is 38.9 Å². The number of hydrogen-bond acceptors (Lipinski definition) is 5. The summed E-state index contributed by atoms with van der Waals surface area (Å²) in [5.41, 5.74) is 2.12. The second-order valence-electron chi connectivity index (χ2n) is 6.28. The van der Waals surface area contributed by atoms with Gasteiger partial charge in [0.1, 0.15) is 24.7 Å². The van der Waals surface area contributed by atoms with E-state index in [1.165, 1.54) is 0 Å². The highest BCUT2D eigenvalue weighted by molar-refractivity contribution is 5.49. The van der Waals surface area contributed by atoms with Crippen LogP contribution in [-0.2, 0) is 16.0 Å². The van der Waals surface area contributed by atoms with Crippen LogP contribution in [-0.4, -0.2) is 39.6 Å². The normalized spacial score (nSPS) is 16.4. The van der Waals surface area contributed by atoms with Crippen molar-refractivity contribution >= 4 is 5.69 Å². The van der Waals surface area contributed by atoms with Crippen molar-refractivity contribution in [3.05, 3.63) is 54.1 Å². The van der Waals surface area contributed by atoms with Crippen LogP contribution in [0.1, 0.15) is 18.4 Å². The van der Waals surface area contributed by atoms with Crippen LogP contribution in [0, 0.1) is 0 Å². The number of hydrogen-bond donors (Lipinski definition) is 1. The van der Waals surface area contributed by atoms with Gasteiger partial charge in [-0.15, -0.1) is 0 Å². The Morgan fingerprint density at radius 3 is 2.85 bits per heavy atom. The van der Waals surface area contributed by atoms with Crippen molar-refractivity contribution in [3.63, 3.8) is 0 Å². The molecule has 0 amide bonds. The number of methoxy groups -OCH3 is 1. The van der Waals surface area contributed by atoms with Crippen LogP contribution in [0.4, 0.5) is 5.69 Å². The molecular weight excluding hydrogens is 330 g/mol. The Morgan fingerprint density at radius 1 is 1.08 bits per heavy atom. The largest absolute Gasteiger partial charge is 0.491 e. The van der Waals surface area contributed by atoms with Crippen molar-refractivity contribution in [2.24, 2.45) is 0 Å². The predicted octanol–water partition coefficient (Wildman–Crippen LogP) is 3.88. The average molecular weight is 357 g/mol. The van der Waals surface area contributed by atoms with Gasteiger partial charge in [0.25, 0.3) is 0 Å². The molecule has 26 heavy (non-hydrogen) atoms. The first kappa shape index (κ1) is 18.5. The highest BCUT2D eigenvalue weighted by Crippen LogP contribution is 2.22. The van der Waals surface area contributed by atoms with Gasteiger partial charge in [0, 0.05) is 37.6 Å². The van der Waals surface area contributed by atoms with Gasteiger partial charge in [-0.2, -0.15) is 0 Å². The topological polar surface area (TPSA) is 49.0 Å². The molecule has 0 radical (unpaired) electrons. The molecule has 1 unspecified atom stereocenters. The van der Waals surface area contributed by atoms with Gasteiger partial charge in [-0.1, -0.05) is 24.3 Å². The summed E-state index contributed by atoms with van der Waals surface area (Å²) in [6.07, 6.45) is 2.43. The molecule has 2 aromatic carbocycles. The van der Waals surface area contributed by atoms with Crippen LogP contribution in [0.25, 0.3) is 0 Å². The zero-order valence-corrected chi connectivity index (χ0v) is 15.3.